The molecule has 19 heavy (non-hydrogen) atoms. The molecule has 1 aromatic heterocycles. The summed E-state index contributed by atoms with van der Waals surface area (Å²) in [5, 5.41) is 0.154. The first-order valence-corrected chi connectivity index (χ1v) is 8.29. The SMILES string of the molecule is O=S(=O)(Nc1nccc(Cl)n1)c1cc(Br)ccc1Br. The summed E-state index contributed by atoms with van der Waals surface area (Å²) in [6.07, 6.45) is 1.36. The Morgan fingerprint density at radius 1 is 1.21 bits per heavy atom. The van der Waals surface area contributed by atoms with Gasteiger partial charge >= 0.3 is 0 Å². The Hall–Kier alpha value is -0.700. The van der Waals surface area contributed by atoms with E-state index in [2.05, 4.69) is 46.5 Å². The van der Waals surface area contributed by atoms with Gasteiger partial charge in [-0.3, -0.25) is 0 Å². The third-order valence-electron chi connectivity index (χ3n) is 2.03. The van der Waals surface area contributed by atoms with Crippen LogP contribution < -0.4 is 4.72 Å². The molecular formula is C10H6Br2ClN3O2S. The number of hydrogen-bond acceptors (Lipinski definition) is 4. The van der Waals surface area contributed by atoms with Gasteiger partial charge in [-0.05, 0) is 40.2 Å². The third kappa shape index (κ3) is 3.65. The highest BCUT2D eigenvalue weighted by molar-refractivity contribution is 9.11. The van der Waals surface area contributed by atoms with Gasteiger partial charge in [-0.1, -0.05) is 27.5 Å². The Balaban J connectivity index is 2.40. The molecule has 0 aliphatic carbocycles. The predicted octanol–water partition coefficient (Wildman–Crippen LogP) is 3.46. The van der Waals surface area contributed by atoms with Gasteiger partial charge in [0.2, 0.25) is 5.95 Å². The van der Waals surface area contributed by atoms with E-state index in [1.807, 2.05) is 0 Å². The van der Waals surface area contributed by atoms with Gasteiger partial charge < -0.3 is 0 Å². The fraction of sp³-hybridized carbons (Fsp3) is 0. The van der Waals surface area contributed by atoms with E-state index in [0.717, 1.165) is 0 Å². The van der Waals surface area contributed by atoms with E-state index in [1.165, 1.54) is 18.3 Å². The molecule has 5 nitrogen and oxygen atoms in total. The molecule has 0 saturated heterocycles. The second kappa shape index (κ2) is 5.74. The van der Waals surface area contributed by atoms with Crippen molar-refractivity contribution in [2.24, 2.45) is 0 Å². The molecule has 0 fully saturated rings. The quantitative estimate of drug-likeness (QED) is 0.762. The van der Waals surface area contributed by atoms with Crippen LogP contribution in [0.3, 0.4) is 0 Å². The minimum atomic E-state index is -3.79. The van der Waals surface area contributed by atoms with E-state index in [0.29, 0.717) is 8.95 Å². The third-order valence-corrected chi connectivity index (χ3v) is 5.06. The van der Waals surface area contributed by atoms with Crippen molar-refractivity contribution >= 4 is 59.4 Å². The van der Waals surface area contributed by atoms with Gasteiger partial charge in [0, 0.05) is 15.1 Å². The molecule has 0 spiro atoms. The highest BCUT2D eigenvalue weighted by Gasteiger charge is 2.19. The molecule has 0 atom stereocenters. The summed E-state index contributed by atoms with van der Waals surface area (Å²) in [7, 11) is -3.79. The molecule has 0 unspecified atom stereocenters. The van der Waals surface area contributed by atoms with Crippen molar-refractivity contribution < 1.29 is 8.42 Å². The summed E-state index contributed by atoms with van der Waals surface area (Å²) >= 11 is 12.1. The number of anilines is 1. The lowest BCUT2D eigenvalue weighted by Gasteiger charge is -2.08. The van der Waals surface area contributed by atoms with Crippen LogP contribution in [0.4, 0.5) is 5.95 Å². The van der Waals surface area contributed by atoms with E-state index in [4.69, 9.17) is 11.6 Å². The van der Waals surface area contributed by atoms with Gasteiger partial charge in [0.05, 0.1) is 0 Å². The smallest absolute Gasteiger partial charge is 0.247 e. The molecule has 1 aromatic carbocycles. The summed E-state index contributed by atoms with van der Waals surface area (Å²) in [6.45, 7) is 0. The zero-order valence-corrected chi connectivity index (χ0v) is 13.9. The fourth-order valence-electron chi connectivity index (χ4n) is 1.24. The zero-order chi connectivity index (χ0) is 14.0. The maximum Gasteiger partial charge on any atom is 0.265 e. The van der Waals surface area contributed by atoms with Crippen LogP contribution in [0.5, 0.6) is 0 Å². The molecule has 0 amide bonds. The maximum absolute atomic E-state index is 12.2. The molecule has 100 valence electrons. The lowest BCUT2D eigenvalue weighted by Crippen LogP contribution is -2.15. The van der Waals surface area contributed by atoms with E-state index >= 15 is 0 Å². The summed E-state index contributed by atoms with van der Waals surface area (Å²) in [5.41, 5.74) is 0. The van der Waals surface area contributed by atoms with E-state index in [9.17, 15) is 8.42 Å². The summed E-state index contributed by atoms with van der Waals surface area (Å²) in [6, 6.07) is 6.27. The minimum absolute atomic E-state index is 0.0745. The van der Waals surface area contributed by atoms with Crippen LogP contribution in [-0.4, -0.2) is 18.4 Å². The maximum atomic E-state index is 12.2. The predicted molar refractivity (Wildman–Crippen MR) is 79.7 cm³/mol. The van der Waals surface area contributed by atoms with Crippen molar-refractivity contribution in [2.75, 3.05) is 4.72 Å². The zero-order valence-electron chi connectivity index (χ0n) is 9.14. The van der Waals surface area contributed by atoms with Gasteiger partial charge in [-0.2, -0.15) is 0 Å². The van der Waals surface area contributed by atoms with Crippen LogP contribution in [0.15, 0.2) is 44.3 Å². The molecule has 0 saturated carbocycles. The number of benzene rings is 1. The van der Waals surface area contributed by atoms with Crippen molar-refractivity contribution in [3.05, 3.63) is 44.6 Å². The van der Waals surface area contributed by atoms with Gasteiger partial charge in [-0.15, -0.1) is 0 Å². The molecule has 2 aromatic rings. The van der Waals surface area contributed by atoms with Gasteiger partial charge in [0.15, 0.2) is 0 Å². The van der Waals surface area contributed by atoms with Gasteiger partial charge in [0.1, 0.15) is 10.0 Å². The number of nitrogens with zero attached hydrogens (tertiary/aromatic N) is 2. The Morgan fingerprint density at radius 2 is 1.95 bits per heavy atom. The van der Waals surface area contributed by atoms with E-state index in [-0.39, 0.29) is 16.0 Å². The first-order valence-electron chi connectivity index (χ1n) is 4.85. The highest BCUT2D eigenvalue weighted by Crippen LogP contribution is 2.26. The van der Waals surface area contributed by atoms with Crippen LogP contribution in [0.25, 0.3) is 0 Å². The number of hydrogen-bond donors (Lipinski definition) is 1. The Morgan fingerprint density at radius 3 is 2.63 bits per heavy atom. The molecule has 0 radical (unpaired) electrons. The topological polar surface area (TPSA) is 72.0 Å². The van der Waals surface area contributed by atoms with Crippen molar-refractivity contribution in [1.29, 1.82) is 0 Å². The van der Waals surface area contributed by atoms with Crippen LogP contribution in [0.1, 0.15) is 0 Å². The standard InChI is InChI=1S/C10H6Br2ClN3O2S/c11-6-1-2-7(12)8(5-6)19(17,18)16-10-14-4-3-9(13)15-10/h1-5H,(H,14,15,16). The lowest BCUT2D eigenvalue weighted by atomic mass is 10.4. The molecular weight excluding hydrogens is 421 g/mol. The second-order valence-corrected chi connectivity index (χ2v) is 7.19. The molecule has 0 aliphatic rings. The molecule has 0 bridgehead atoms. The number of nitrogens with one attached hydrogen (secondary N) is 1. The summed E-state index contributed by atoms with van der Waals surface area (Å²) < 4.78 is 27.7. The van der Waals surface area contributed by atoms with Crippen LogP contribution in [-0.2, 0) is 10.0 Å². The van der Waals surface area contributed by atoms with Crippen LogP contribution >= 0.6 is 43.5 Å². The van der Waals surface area contributed by atoms with E-state index < -0.39 is 10.0 Å². The summed E-state index contributed by atoms with van der Waals surface area (Å²) in [5.74, 6) is -0.0839. The highest BCUT2D eigenvalue weighted by atomic mass is 79.9. The minimum Gasteiger partial charge on any atom is -0.247 e. The van der Waals surface area contributed by atoms with Crippen molar-refractivity contribution in [3.8, 4) is 0 Å². The lowest BCUT2D eigenvalue weighted by molar-refractivity contribution is 0.600. The van der Waals surface area contributed by atoms with Crippen LogP contribution in [0.2, 0.25) is 5.15 Å². The molecule has 9 heteroatoms. The Kier molecular flexibility index (Phi) is 4.44. The molecule has 2 rings (SSSR count). The summed E-state index contributed by atoms with van der Waals surface area (Å²) in [4.78, 5) is 7.64. The van der Waals surface area contributed by atoms with Crippen molar-refractivity contribution in [3.63, 3.8) is 0 Å². The van der Waals surface area contributed by atoms with E-state index in [1.54, 1.807) is 12.1 Å². The average molecular weight is 428 g/mol. The normalized spacial score (nSPS) is 11.3. The number of aromatic nitrogens is 2. The molecule has 1 N–H and O–H groups in total. The first kappa shape index (κ1) is 14.7. The molecule has 0 aliphatic heterocycles. The Bertz CT molecular complexity index is 724. The first-order chi connectivity index (χ1) is 8.88. The number of sulfonamides is 1. The van der Waals surface area contributed by atoms with Crippen molar-refractivity contribution in [2.45, 2.75) is 4.90 Å². The van der Waals surface area contributed by atoms with Gasteiger partial charge in [-0.25, -0.2) is 23.1 Å². The monoisotopic (exact) mass is 425 g/mol. The van der Waals surface area contributed by atoms with Crippen molar-refractivity contribution in [1.82, 2.24) is 9.97 Å². The largest absolute Gasteiger partial charge is 0.265 e. The van der Waals surface area contributed by atoms with Gasteiger partial charge in [0.25, 0.3) is 10.0 Å². The fourth-order valence-corrected chi connectivity index (χ4v) is 3.83. The Labute approximate surface area is 131 Å². The van der Waals surface area contributed by atoms with Crippen LogP contribution in [0, 0.1) is 0 Å². The second-order valence-electron chi connectivity index (χ2n) is 3.38. The average Bonchev–Trinajstić information content (AvgIpc) is 2.31. The molecule has 1 heterocycles. The number of halogens is 3. The number of rotatable bonds is 3.